The van der Waals surface area contributed by atoms with E-state index in [9.17, 15) is 4.79 Å². The molecule has 0 aromatic carbocycles. The Kier molecular flexibility index (Phi) is 2.95. The first kappa shape index (κ1) is 11.4. The third-order valence-electron chi connectivity index (χ3n) is 2.54. The van der Waals surface area contributed by atoms with Gasteiger partial charge in [0, 0.05) is 11.8 Å². The predicted molar refractivity (Wildman–Crippen MR) is 65.1 cm³/mol. The number of hydrogen-bond acceptors (Lipinski definition) is 3. The minimum Gasteiger partial charge on any atom is -0.469 e. The van der Waals surface area contributed by atoms with Crippen molar-refractivity contribution in [2.75, 3.05) is 5.32 Å². The van der Waals surface area contributed by atoms with Gasteiger partial charge in [-0.2, -0.15) is 0 Å². The maximum Gasteiger partial charge on any atom is 0.260 e. The molecule has 1 N–H and O–H groups in total. The van der Waals surface area contributed by atoms with Crippen LogP contribution in [0.1, 0.15) is 27.2 Å². The second kappa shape index (κ2) is 4.41. The molecule has 0 aliphatic rings. The van der Waals surface area contributed by atoms with Gasteiger partial charge in [0.15, 0.2) is 0 Å². The lowest BCUT2D eigenvalue weighted by Gasteiger charge is -2.04. The number of nitrogens with zero attached hydrogens (tertiary/aromatic N) is 1. The summed E-state index contributed by atoms with van der Waals surface area (Å²) >= 11 is 0. The van der Waals surface area contributed by atoms with Crippen LogP contribution in [0.25, 0.3) is 0 Å². The number of carbonyl (C=O) groups is 1. The lowest BCUT2D eigenvalue weighted by Crippen LogP contribution is -2.14. The predicted octanol–water partition coefficient (Wildman–Crippen LogP) is 2.85. The number of nitrogens with one attached hydrogen (secondary N) is 1. The van der Waals surface area contributed by atoms with E-state index in [2.05, 4.69) is 10.3 Å². The van der Waals surface area contributed by atoms with Gasteiger partial charge in [0.1, 0.15) is 11.6 Å². The average molecular weight is 230 g/mol. The maximum atomic E-state index is 12.0. The van der Waals surface area contributed by atoms with Gasteiger partial charge in [-0.3, -0.25) is 4.79 Å². The first-order chi connectivity index (χ1) is 8.08. The summed E-state index contributed by atoms with van der Waals surface area (Å²) in [6.45, 7) is 5.56. The number of amides is 1. The van der Waals surface area contributed by atoms with Crippen LogP contribution in [0.4, 0.5) is 5.82 Å². The van der Waals surface area contributed by atoms with Crippen molar-refractivity contribution < 1.29 is 9.21 Å². The van der Waals surface area contributed by atoms with Crippen LogP contribution in [0.5, 0.6) is 0 Å². The number of anilines is 1. The molecule has 17 heavy (non-hydrogen) atoms. The monoisotopic (exact) mass is 230 g/mol. The van der Waals surface area contributed by atoms with Crippen LogP contribution < -0.4 is 5.32 Å². The number of aryl methyl sites for hydroxylation is 3. The fourth-order valence-corrected chi connectivity index (χ4v) is 1.69. The Balaban J connectivity index is 2.23. The highest BCUT2D eigenvalue weighted by Gasteiger charge is 2.15. The van der Waals surface area contributed by atoms with Gasteiger partial charge in [-0.1, -0.05) is 0 Å². The Morgan fingerprint density at radius 2 is 2.12 bits per heavy atom. The molecule has 2 rings (SSSR count). The van der Waals surface area contributed by atoms with Crippen molar-refractivity contribution in [3.05, 3.63) is 47.0 Å². The van der Waals surface area contributed by atoms with Crippen LogP contribution in [-0.2, 0) is 0 Å². The zero-order valence-corrected chi connectivity index (χ0v) is 10.1. The summed E-state index contributed by atoms with van der Waals surface area (Å²) in [5.41, 5.74) is 2.46. The normalized spacial score (nSPS) is 10.3. The minimum atomic E-state index is -0.188. The van der Waals surface area contributed by atoms with E-state index in [0.717, 1.165) is 11.1 Å². The van der Waals surface area contributed by atoms with Gasteiger partial charge in [-0.15, -0.1) is 0 Å². The SMILES string of the molecule is Cc1ccnc(NC(=O)c2c(C)coc2C)c1. The van der Waals surface area contributed by atoms with Crippen molar-refractivity contribution in [3.63, 3.8) is 0 Å². The molecule has 0 spiro atoms. The Labute approximate surface area is 99.7 Å². The third-order valence-corrected chi connectivity index (χ3v) is 2.54. The molecule has 0 saturated carbocycles. The molecule has 88 valence electrons. The Morgan fingerprint density at radius 3 is 2.71 bits per heavy atom. The van der Waals surface area contributed by atoms with Crippen molar-refractivity contribution in [2.45, 2.75) is 20.8 Å². The van der Waals surface area contributed by atoms with Crippen LogP contribution >= 0.6 is 0 Å². The minimum absolute atomic E-state index is 0.188. The van der Waals surface area contributed by atoms with Crippen molar-refractivity contribution in [1.29, 1.82) is 0 Å². The van der Waals surface area contributed by atoms with Gasteiger partial charge in [0.25, 0.3) is 5.91 Å². The fraction of sp³-hybridized carbons (Fsp3) is 0.231. The lowest BCUT2D eigenvalue weighted by molar-refractivity contribution is 0.102. The van der Waals surface area contributed by atoms with E-state index >= 15 is 0 Å². The molecule has 0 aliphatic heterocycles. The summed E-state index contributed by atoms with van der Waals surface area (Å²) < 4.78 is 5.20. The number of furan rings is 1. The summed E-state index contributed by atoms with van der Waals surface area (Å²) in [7, 11) is 0. The number of hydrogen-bond donors (Lipinski definition) is 1. The first-order valence-electron chi connectivity index (χ1n) is 5.36. The average Bonchev–Trinajstić information content (AvgIpc) is 2.58. The molecular weight excluding hydrogens is 216 g/mol. The largest absolute Gasteiger partial charge is 0.469 e. The van der Waals surface area contributed by atoms with Gasteiger partial charge in [0.05, 0.1) is 11.8 Å². The number of rotatable bonds is 2. The van der Waals surface area contributed by atoms with E-state index in [1.807, 2.05) is 26.0 Å². The Hall–Kier alpha value is -2.10. The van der Waals surface area contributed by atoms with E-state index in [1.165, 1.54) is 0 Å². The molecule has 0 unspecified atom stereocenters. The van der Waals surface area contributed by atoms with E-state index in [4.69, 9.17) is 4.42 Å². The summed E-state index contributed by atoms with van der Waals surface area (Å²) in [4.78, 5) is 16.1. The highest BCUT2D eigenvalue weighted by molar-refractivity contribution is 6.05. The van der Waals surface area contributed by atoms with E-state index in [1.54, 1.807) is 19.4 Å². The highest BCUT2D eigenvalue weighted by Crippen LogP contribution is 2.17. The molecule has 0 aliphatic carbocycles. The second-order valence-electron chi connectivity index (χ2n) is 4.02. The van der Waals surface area contributed by atoms with Crippen LogP contribution in [0.3, 0.4) is 0 Å². The lowest BCUT2D eigenvalue weighted by atomic mass is 10.1. The second-order valence-corrected chi connectivity index (χ2v) is 4.02. The van der Waals surface area contributed by atoms with Crippen LogP contribution in [-0.4, -0.2) is 10.9 Å². The third kappa shape index (κ3) is 2.36. The molecule has 0 bridgehead atoms. The van der Waals surface area contributed by atoms with Crippen LogP contribution in [0.2, 0.25) is 0 Å². The molecule has 2 aromatic heterocycles. The molecule has 1 amide bonds. The molecule has 0 radical (unpaired) electrons. The number of carbonyl (C=O) groups excluding carboxylic acids is 1. The molecule has 2 aromatic rings. The molecule has 0 atom stereocenters. The van der Waals surface area contributed by atoms with E-state index in [0.29, 0.717) is 17.1 Å². The molecule has 2 heterocycles. The van der Waals surface area contributed by atoms with Crippen LogP contribution in [0.15, 0.2) is 29.0 Å². The smallest absolute Gasteiger partial charge is 0.260 e. The fourth-order valence-electron chi connectivity index (χ4n) is 1.69. The summed E-state index contributed by atoms with van der Waals surface area (Å²) in [6.07, 6.45) is 3.24. The van der Waals surface area contributed by atoms with Crippen molar-refractivity contribution >= 4 is 11.7 Å². The quantitative estimate of drug-likeness (QED) is 0.863. The van der Waals surface area contributed by atoms with Gasteiger partial charge in [-0.25, -0.2) is 4.98 Å². The molecular formula is C13H14N2O2. The van der Waals surface area contributed by atoms with Gasteiger partial charge < -0.3 is 9.73 Å². The van der Waals surface area contributed by atoms with E-state index in [-0.39, 0.29) is 5.91 Å². The molecule has 4 nitrogen and oxygen atoms in total. The van der Waals surface area contributed by atoms with Crippen molar-refractivity contribution in [3.8, 4) is 0 Å². The standard InChI is InChI=1S/C13H14N2O2/c1-8-4-5-14-11(6-8)15-13(16)12-9(2)7-17-10(12)3/h4-7H,1-3H3,(H,14,15,16). The summed E-state index contributed by atoms with van der Waals surface area (Å²) in [5.74, 6) is 0.981. The molecule has 0 saturated heterocycles. The van der Waals surface area contributed by atoms with Gasteiger partial charge in [0.2, 0.25) is 0 Å². The van der Waals surface area contributed by atoms with E-state index < -0.39 is 0 Å². The molecule has 4 heteroatoms. The van der Waals surface area contributed by atoms with Gasteiger partial charge >= 0.3 is 0 Å². The van der Waals surface area contributed by atoms with Gasteiger partial charge in [-0.05, 0) is 38.5 Å². The summed E-state index contributed by atoms with van der Waals surface area (Å²) in [6, 6.07) is 3.70. The Morgan fingerprint density at radius 1 is 1.35 bits per heavy atom. The van der Waals surface area contributed by atoms with Crippen LogP contribution in [0, 0.1) is 20.8 Å². The Bertz CT molecular complexity index is 539. The molecule has 0 fully saturated rings. The van der Waals surface area contributed by atoms with Crippen molar-refractivity contribution in [1.82, 2.24) is 4.98 Å². The highest BCUT2D eigenvalue weighted by atomic mass is 16.3. The number of pyridine rings is 1. The van der Waals surface area contributed by atoms with Crippen molar-refractivity contribution in [2.24, 2.45) is 0 Å². The maximum absolute atomic E-state index is 12.0. The first-order valence-corrected chi connectivity index (χ1v) is 5.36. The zero-order chi connectivity index (χ0) is 12.4. The number of aromatic nitrogens is 1. The summed E-state index contributed by atoms with van der Waals surface area (Å²) in [5, 5.41) is 2.76. The topological polar surface area (TPSA) is 55.1 Å². The zero-order valence-electron chi connectivity index (χ0n) is 10.1.